The minimum Gasteiger partial charge on any atom is -0.496 e. The van der Waals surface area contributed by atoms with Crippen LogP contribution in [0.15, 0.2) is 53.6 Å². The number of carbonyl (C=O) groups excluding carboxylic acids is 1. The highest BCUT2D eigenvalue weighted by Crippen LogP contribution is 2.37. The first-order chi connectivity index (χ1) is 14.7. The first kappa shape index (κ1) is 22.3. The molecule has 0 bridgehead atoms. The number of primary amides is 1. The van der Waals surface area contributed by atoms with Crippen molar-refractivity contribution in [3.05, 3.63) is 81.4 Å². The Balaban J connectivity index is 1.98. The lowest BCUT2D eigenvalue weighted by molar-refractivity contribution is -0.117. The van der Waals surface area contributed by atoms with Crippen molar-refractivity contribution in [3.8, 4) is 17.0 Å². The lowest BCUT2D eigenvalue weighted by Gasteiger charge is -2.25. The number of aromatic amines is 1. The summed E-state index contributed by atoms with van der Waals surface area (Å²) in [7, 11) is 1.68. The molecule has 0 saturated carbocycles. The summed E-state index contributed by atoms with van der Waals surface area (Å²) in [6, 6.07) is 11.9. The fourth-order valence-electron chi connectivity index (χ4n) is 3.67. The number of hydrogen-bond acceptors (Lipinski definition) is 4. The molecule has 6 nitrogen and oxygen atoms in total. The maximum Gasteiger partial charge on any atom is 0.274 e. The Hall–Kier alpha value is -3.41. The van der Waals surface area contributed by atoms with Crippen LogP contribution in [0.1, 0.15) is 43.0 Å². The molecule has 0 saturated heterocycles. The van der Waals surface area contributed by atoms with Gasteiger partial charge in [-0.3, -0.25) is 9.59 Å². The van der Waals surface area contributed by atoms with Crippen LogP contribution >= 0.6 is 0 Å². The van der Waals surface area contributed by atoms with Gasteiger partial charge < -0.3 is 15.5 Å². The third-order valence-corrected chi connectivity index (χ3v) is 5.24. The van der Waals surface area contributed by atoms with Crippen molar-refractivity contribution in [1.82, 2.24) is 9.97 Å². The van der Waals surface area contributed by atoms with Crippen molar-refractivity contribution >= 4 is 5.91 Å². The zero-order chi connectivity index (χ0) is 22.6. The molecule has 0 aliphatic rings. The van der Waals surface area contributed by atoms with E-state index in [1.165, 1.54) is 6.20 Å². The van der Waals surface area contributed by atoms with Crippen LogP contribution < -0.4 is 16.0 Å². The summed E-state index contributed by atoms with van der Waals surface area (Å²) in [5.74, 6) is 0.502. The topological polar surface area (TPSA) is 98.1 Å². The van der Waals surface area contributed by atoms with Gasteiger partial charge in [-0.15, -0.1) is 0 Å². The number of nitrogens with two attached hydrogens (primary N) is 1. The van der Waals surface area contributed by atoms with Gasteiger partial charge in [0.2, 0.25) is 5.91 Å². The number of amides is 1. The number of rotatable bonds is 7. The average molecular weight is 420 g/mol. The number of aryl methyl sites for hydroxylation is 2. The van der Waals surface area contributed by atoms with Gasteiger partial charge in [-0.2, -0.15) is 0 Å². The van der Waals surface area contributed by atoms with E-state index in [-0.39, 0.29) is 23.3 Å². The quantitative estimate of drug-likeness (QED) is 0.612. The summed E-state index contributed by atoms with van der Waals surface area (Å²) in [5, 5.41) is 0. The molecule has 162 valence electrons. The third kappa shape index (κ3) is 5.40. The number of hydrogen-bond donors (Lipinski definition) is 2. The lowest BCUT2D eigenvalue weighted by Crippen LogP contribution is -2.16. The van der Waals surface area contributed by atoms with Crippen LogP contribution in [-0.2, 0) is 29.5 Å². The molecule has 1 aromatic heterocycles. The number of benzene rings is 2. The fourth-order valence-corrected chi connectivity index (χ4v) is 3.67. The van der Waals surface area contributed by atoms with Crippen LogP contribution in [-0.4, -0.2) is 23.0 Å². The van der Waals surface area contributed by atoms with Gasteiger partial charge in [0.25, 0.3) is 5.56 Å². The molecule has 31 heavy (non-hydrogen) atoms. The lowest BCUT2D eigenvalue weighted by atomic mass is 9.83. The van der Waals surface area contributed by atoms with E-state index in [1.807, 2.05) is 36.4 Å². The minimum atomic E-state index is -0.339. The third-order valence-electron chi connectivity index (χ3n) is 5.24. The van der Waals surface area contributed by atoms with E-state index < -0.39 is 0 Å². The first-order valence-corrected chi connectivity index (χ1v) is 10.3. The van der Waals surface area contributed by atoms with E-state index in [0.717, 1.165) is 46.4 Å². The van der Waals surface area contributed by atoms with Crippen molar-refractivity contribution in [1.29, 1.82) is 0 Å². The number of methoxy groups -OCH3 is 1. The molecule has 0 radical (unpaired) electrons. The molecule has 0 atom stereocenters. The van der Waals surface area contributed by atoms with Gasteiger partial charge in [-0.05, 0) is 47.1 Å². The van der Waals surface area contributed by atoms with E-state index in [4.69, 9.17) is 10.5 Å². The van der Waals surface area contributed by atoms with E-state index in [9.17, 15) is 9.59 Å². The van der Waals surface area contributed by atoms with Gasteiger partial charge in [0.05, 0.1) is 13.5 Å². The Morgan fingerprint density at radius 2 is 1.77 bits per heavy atom. The number of ether oxygens (including phenoxy) is 1. The molecule has 0 fully saturated rings. The van der Waals surface area contributed by atoms with Crippen LogP contribution in [0.4, 0.5) is 0 Å². The maximum absolute atomic E-state index is 12.4. The normalized spacial score (nSPS) is 11.4. The van der Waals surface area contributed by atoms with E-state index in [0.29, 0.717) is 5.69 Å². The minimum absolute atomic E-state index is 0.173. The standard InChI is InChI=1S/C25H29N3O3/c1-25(2,3)20-15-19(22-24(30)28-12-11-27-22)14-18(23(20)31-4)10-9-16-5-7-17(8-6-16)13-21(26)29/h5-8,11-12,14-15H,9-10,13H2,1-4H3,(H2,26,29)(H,28,30). The molecule has 2 aromatic carbocycles. The Morgan fingerprint density at radius 3 is 2.35 bits per heavy atom. The highest BCUT2D eigenvalue weighted by molar-refractivity contribution is 5.76. The Kier molecular flexibility index (Phi) is 6.59. The van der Waals surface area contributed by atoms with E-state index in [1.54, 1.807) is 13.3 Å². The summed E-state index contributed by atoms with van der Waals surface area (Å²) in [5.41, 5.74) is 10.2. The van der Waals surface area contributed by atoms with Gasteiger partial charge in [0, 0.05) is 23.5 Å². The molecular weight excluding hydrogens is 390 g/mol. The zero-order valence-corrected chi connectivity index (χ0v) is 18.5. The second kappa shape index (κ2) is 9.16. The second-order valence-electron chi connectivity index (χ2n) is 8.69. The molecule has 1 amide bonds. The van der Waals surface area contributed by atoms with Crippen molar-refractivity contribution in [3.63, 3.8) is 0 Å². The number of H-pyrrole nitrogens is 1. The van der Waals surface area contributed by atoms with Crippen molar-refractivity contribution in [2.75, 3.05) is 7.11 Å². The maximum atomic E-state index is 12.4. The largest absolute Gasteiger partial charge is 0.496 e. The molecule has 3 aromatic rings. The van der Waals surface area contributed by atoms with Crippen LogP contribution in [0.25, 0.3) is 11.3 Å². The molecule has 0 unspecified atom stereocenters. The molecule has 0 aliphatic heterocycles. The van der Waals surface area contributed by atoms with E-state index in [2.05, 4.69) is 30.7 Å². The first-order valence-electron chi connectivity index (χ1n) is 10.3. The predicted octanol–water partition coefficient (Wildman–Crippen LogP) is 3.56. The van der Waals surface area contributed by atoms with Gasteiger partial charge in [-0.1, -0.05) is 45.0 Å². The van der Waals surface area contributed by atoms with Crippen molar-refractivity contribution in [2.24, 2.45) is 5.73 Å². The summed E-state index contributed by atoms with van der Waals surface area (Å²) in [6.45, 7) is 6.37. The summed E-state index contributed by atoms with van der Waals surface area (Å²) in [4.78, 5) is 30.4. The monoisotopic (exact) mass is 419 g/mol. The Bertz CT molecular complexity index is 1130. The van der Waals surface area contributed by atoms with Crippen LogP contribution in [0.2, 0.25) is 0 Å². The molecule has 3 rings (SSSR count). The summed E-state index contributed by atoms with van der Waals surface area (Å²) < 4.78 is 5.82. The number of aromatic nitrogens is 2. The van der Waals surface area contributed by atoms with Crippen LogP contribution in [0.5, 0.6) is 5.75 Å². The fraction of sp³-hybridized carbons (Fsp3) is 0.320. The molecule has 0 spiro atoms. The molecule has 3 N–H and O–H groups in total. The molecule has 0 aliphatic carbocycles. The smallest absolute Gasteiger partial charge is 0.274 e. The molecule has 6 heteroatoms. The van der Waals surface area contributed by atoms with E-state index >= 15 is 0 Å². The van der Waals surface area contributed by atoms with Crippen LogP contribution in [0.3, 0.4) is 0 Å². The zero-order valence-electron chi connectivity index (χ0n) is 18.5. The number of nitrogens with one attached hydrogen (secondary N) is 1. The highest BCUT2D eigenvalue weighted by Gasteiger charge is 2.23. The van der Waals surface area contributed by atoms with Crippen LogP contribution in [0, 0.1) is 0 Å². The van der Waals surface area contributed by atoms with Gasteiger partial charge in [0.15, 0.2) is 0 Å². The van der Waals surface area contributed by atoms with Gasteiger partial charge in [-0.25, -0.2) is 4.98 Å². The van der Waals surface area contributed by atoms with Crippen molar-refractivity contribution < 1.29 is 9.53 Å². The number of carbonyl (C=O) groups is 1. The van der Waals surface area contributed by atoms with Gasteiger partial charge in [0.1, 0.15) is 11.4 Å². The Labute approximate surface area is 182 Å². The summed E-state index contributed by atoms with van der Waals surface area (Å²) in [6.07, 6.45) is 4.89. The average Bonchev–Trinajstić information content (AvgIpc) is 2.72. The van der Waals surface area contributed by atoms with Crippen molar-refractivity contribution in [2.45, 2.75) is 45.4 Å². The summed E-state index contributed by atoms with van der Waals surface area (Å²) >= 11 is 0. The predicted molar refractivity (Wildman–Crippen MR) is 122 cm³/mol. The van der Waals surface area contributed by atoms with Gasteiger partial charge >= 0.3 is 0 Å². The molecular formula is C25H29N3O3. The Morgan fingerprint density at radius 1 is 1.10 bits per heavy atom. The SMILES string of the molecule is COc1c(CCc2ccc(CC(N)=O)cc2)cc(-c2ncc[nH]c2=O)cc1C(C)(C)C. The molecule has 1 heterocycles. The second-order valence-corrected chi connectivity index (χ2v) is 8.69. The highest BCUT2D eigenvalue weighted by atomic mass is 16.5. The number of nitrogens with zero attached hydrogens (tertiary/aromatic N) is 1.